The number of methoxy groups -OCH3 is 1. The minimum Gasteiger partial charge on any atom is -0.495 e. The Morgan fingerprint density at radius 3 is 2.77 bits per heavy atom. The fourth-order valence-electron chi connectivity index (χ4n) is 1.22. The van der Waals surface area contributed by atoms with Gasteiger partial charge in [-0.2, -0.15) is 0 Å². The first-order valence-electron chi connectivity index (χ1n) is 4.22. The second kappa shape index (κ2) is 4.49. The minimum absolute atomic E-state index is 0.115. The van der Waals surface area contributed by atoms with Gasteiger partial charge in [0.25, 0.3) is 0 Å². The van der Waals surface area contributed by atoms with Gasteiger partial charge < -0.3 is 10.5 Å². The molecule has 0 fully saturated rings. The number of rotatable bonds is 3. The van der Waals surface area contributed by atoms with Crippen LogP contribution in [0.4, 0.5) is 0 Å². The fraction of sp³-hybridized carbons (Fsp3) is 0.400. The van der Waals surface area contributed by atoms with E-state index in [1.54, 1.807) is 7.11 Å². The Hall–Kier alpha value is -0.730. The van der Waals surface area contributed by atoms with Crippen molar-refractivity contribution in [3.05, 3.63) is 28.8 Å². The smallest absolute Gasteiger partial charge is 0.137 e. The molecule has 13 heavy (non-hydrogen) atoms. The van der Waals surface area contributed by atoms with Crippen molar-refractivity contribution in [3.63, 3.8) is 0 Å². The Kier molecular flexibility index (Phi) is 3.58. The predicted molar refractivity (Wildman–Crippen MR) is 55.4 cm³/mol. The maximum absolute atomic E-state index is 6.07. The summed E-state index contributed by atoms with van der Waals surface area (Å²) in [7, 11) is 1.61. The highest BCUT2D eigenvalue weighted by atomic mass is 35.5. The zero-order valence-electron chi connectivity index (χ0n) is 7.88. The lowest BCUT2D eigenvalue weighted by atomic mass is 10.1. The van der Waals surface area contributed by atoms with Crippen LogP contribution in [0.5, 0.6) is 5.75 Å². The van der Waals surface area contributed by atoms with E-state index < -0.39 is 0 Å². The maximum Gasteiger partial charge on any atom is 0.137 e. The largest absolute Gasteiger partial charge is 0.495 e. The van der Waals surface area contributed by atoms with Gasteiger partial charge in [0.05, 0.1) is 12.1 Å². The van der Waals surface area contributed by atoms with Crippen molar-refractivity contribution in [3.8, 4) is 5.75 Å². The van der Waals surface area contributed by atoms with E-state index in [4.69, 9.17) is 22.1 Å². The van der Waals surface area contributed by atoms with E-state index in [1.165, 1.54) is 0 Å². The lowest BCUT2D eigenvalue weighted by Gasteiger charge is -2.10. The van der Waals surface area contributed by atoms with Gasteiger partial charge in [0.15, 0.2) is 0 Å². The number of hydrogen-bond acceptors (Lipinski definition) is 2. The molecule has 2 nitrogen and oxygen atoms in total. The quantitative estimate of drug-likeness (QED) is 0.811. The summed E-state index contributed by atoms with van der Waals surface area (Å²) in [6.45, 7) is 1.95. The van der Waals surface area contributed by atoms with E-state index in [1.807, 2.05) is 25.1 Å². The van der Waals surface area contributed by atoms with Gasteiger partial charge in [-0.25, -0.2) is 0 Å². The monoisotopic (exact) mass is 199 g/mol. The first-order valence-corrected chi connectivity index (χ1v) is 4.60. The molecule has 0 amide bonds. The third-order valence-corrected chi connectivity index (χ3v) is 2.23. The van der Waals surface area contributed by atoms with Crippen molar-refractivity contribution in [1.82, 2.24) is 0 Å². The molecule has 1 rings (SSSR count). The molecule has 0 unspecified atom stereocenters. The van der Waals surface area contributed by atoms with Crippen LogP contribution in [0.15, 0.2) is 18.2 Å². The molecule has 0 saturated heterocycles. The number of ether oxygens (including phenoxy) is 1. The fourth-order valence-corrected chi connectivity index (χ4v) is 1.50. The van der Waals surface area contributed by atoms with Gasteiger partial charge in [-0.15, -0.1) is 0 Å². The molecule has 0 aromatic heterocycles. The second-order valence-electron chi connectivity index (χ2n) is 3.11. The zero-order valence-corrected chi connectivity index (χ0v) is 8.64. The average Bonchev–Trinajstić information content (AvgIpc) is 2.08. The van der Waals surface area contributed by atoms with E-state index >= 15 is 0 Å². The van der Waals surface area contributed by atoms with Gasteiger partial charge >= 0.3 is 0 Å². The van der Waals surface area contributed by atoms with E-state index in [0.717, 1.165) is 12.0 Å². The Morgan fingerprint density at radius 1 is 1.54 bits per heavy atom. The lowest BCUT2D eigenvalue weighted by Crippen LogP contribution is -2.17. The van der Waals surface area contributed by atoms with Crippen LogP contribution < -0.4 is 10.5 Å². The van der Waals surface area contributed by atoms with E-state index in [9.17, 15) is 0 Å². The maximum atomic E-state index is 6.07. The summed E-state index contributed by atoms with van der Waals surface area (Å²) in [6, 6.07) is 5.84. The van der Waals surface area contributed by atoms with Gasteiger partial charge in [0, 0.05) is 6.04 Å². The van der Waals surface area contributed by atoms with Gasteiger partial charge in [-0.05, 0) is 25.0 Å². The molecule has 0 aliphatic rings. The van der Waals surface area contributed by atoms with Gasteiger partial charge in [0.2, 0.25) is 0 Å². The molecule has 0 spiro atoms. The van der Waals surface area contributed by atoms with Crippen LogP contribution >= 0.6 is 11.6 Å². The van der Waals surface area contributed by atoms with Crippen LogP contribution in [0.2, 0.25) is 5.02 Å². The molecule has 0 aliphatic carbocycles. The van der Waals surface area contributed by atoms with Gasteiger partial charge in [-0.3, -0.25) is 0 Å². The number of halogens is 1. The van der Waals surface area contributed by atoms with Crippen LogP contribution in [0.25, 0.3) is 0 Å². The number of nitrogens with two attached hydrogens (primary N) is 1. The van der Waals surface area contributed by atoms with Gasteiger partial charge in [-0.1, -0.05) is 23.7 Å². The molecule has 1 aromatic carbocycles. The third kappa shape index (κ3) is 2.61. The normalized spacial score (nSPS) is 12.6. The molecule has 72 valence electrons. The first-order chi connectivity index (χ1) is 6.15. The van der Waals surface area contributed by atoms with Crippen LogP contribution in [0.1, 0.15) is 12.5 Å². The van der Waals surface area contributed by atoms with Crippen molar-refractivity contribution in [2.45, 2.75) is 19.4 Å². The van der Waals surface area contributed by atoms with Gasteiger partial charge in [0.1, 0.15) is 5.75 Å². The molecule has 2 N–H and O–H groups in total. The standard InChI is InChI=1S/C10H14ClNO/c1-7(12)6-8-4-3-5-9(13-2)10(8)11/h3-5,7H,6,12H2,1-2H3/t7-/m0/s1. The second-order valence-corrected chi connectivity index (χ2v) is 3.49. The Morgan fingerprint density at radius 2 is 2.23 bits per heavy atom. The van der Waals surface area contributed by atoms with Crippen LogP contribution in [-0.2, 0) is 6.42 Å². The van der Waals surface area contributed by atoms with Crippen LogP contribution in [0, 0.1) is 0 Å². The summed E-state index contributed by atoms with van der Waals surface area (Å²) >= 11 is 6.07. The van der Waals surface area contributed by atoms with Crippen molar-refractivity contribution in [1.29, 1.82) is 0 Å². The number of benzene rings is 1. The molecule has 0 radical (unpaired) electrons. The van der Waals surface area contributed by atoms with Crippen molar-refractivity contribution >= 4 is 11.6 Å². The molecule has 0 saturated carbocycles. The van der Waals surface area contributed by atoms with Crippen LogP contribution in [-0.4, -0.2) is 13.2 Å². The Balaban J connectivity index is 2.94. The molecule has 0 heterocycles. The van der Waals surface area contributed by atoms with E-state index in [0.29, 0.717) is 10.8 Å². The highest BCUT2D eigenvalue weighted by molar-refractivity contribution is 6.32. The SMILES string of the molecule is COc1cccc(C[C@H](C)N)c1Cl. The summed E-state index contributed by atoms with van der Waals surface area (Å²) in [5.74, 6) is 0.708. The molecular weight excluding hydrogens is 186 g/mol. The predicted octanol–water partition coefficient (Wildman–Crippen LogP) is 2.24. The molecule has 1 aromatic rings. The van der Waals surface area contributed by atoms with Crippen LogP contribution in [0.3, 0.4) is 0 Å². The average molecular weight is 200 g/mol. The van der Waals surface area contributed by atoms with E-state index in [-0.39, 0.29) is 6.04 Å². The molecule has 0 aliphatic heterocycles. The summed E-state index contributed by atoms with van der Waals surface area (Å²) < 4.78 is 5.09. The Bertz CT molecular complexity index is 286. The van der Waals surface area contributed by atoms with Crippen molar-refractivity contribution in [2.75, 3.05) is 7.11 Å². The summed E-state index contributed by atoms with van der Waals surface area (Å²) in [4.78, 5) is 0. The molecule has 3 heteroatoms. The number of hydrogen-bond donors (Lipinski definition) is 1. The minimum atomic E-state index is 0.115. The molecular formula is C10H14ClNO. The first kappa shape index (κ1) is 10.4. The highest BCUT2D eigenvalue weighted by Gasteiger charge is 2.07. The topological polar surface area (TPSA) is 35.2 Å². The summed E-state index contributed by atoms with van der Waals surface area (Å²) in [5, 5.41) is 0.669. The molecule has 1 atom stereocenters. The van der Waals surface area contributed by atoms with Crippen molar-refractivity contribution in [2.24, 2.45) is 5.73 Å². The lowest BCUT2D eigenvalue weighted by molar-refractivity contribution is 0.414. The summed E-state index contributed by atoms with van der Waals surface area (Å²) in [5.41, 5.74) is 6.72. The Labute approximate surface area is 83.6 Å². The zero-order chi connectivity index (χ0) is 9.84. The van der Waals surface area contributed by atoms with Crippen molar-refractivity contribution < 1.29 is 4.74 Å². The summed E-state index contributed by atoms with van der Waals surface area (Å²) in [6.07, 6.45) is 0.774. The third-order valence-electron chi connectivity index (χ3n) is 1.81. The highest BCUT2D eigenvalue weighted by Crippen LogP contribution is 2.28. The molecule has 0 bridgehead atoms. The van der Waals surface area contributed by atoms with E-state index in [2.05, 4.69) is 0 Å².